The lowest BCUT2D eigenvalue weighted by atomic mass is 9.81. The molecule has 3 rings (SSSR count). The summed E-state index contributed by atoms with van der Waals surface area (Å²) in [5.74, 6) is -0.274. The Labute approximate surface area is 190 Å². The number of alkyl halides is 3. The number of nitrogens with zero attached hydrogens (tertiary/aromatic N) is 4. The zero-order chi connectivity index (χ0) is 24.6. The number of hydrogen-bond donors (Lipinski definition) is 1. The van der Waals surface area contributed by atoms with E-state index in [1.54, 1.807) is 10.6 Å². The lowest BCUT2D eigenvalue weighted by Gasteiger charge is -2.32. The number of fused-ring (bicyclic) bond motifs is 1. The molecule has 1 N–H and O–H groups in total. The van der Waals surface area contributed by atoms with Crippen molar-refractivity contribution in [3.63, 3.8) is 0 Å². The number of nitrogens with one attached hydrogen (secondary N) is 1. The molecule has 0 spiro atoms. The second kappa shape index (κ2) is 8.85. The summed E-state index contributed by atoms with van der Waals surface area (Å²) in [7, 11) is 0. The third-order valence-electron chi connectivity index (χ3n) is 5.65. The number of carbonyl (C=O) groups excluding carboxylic acids is 1. The molecule has 0 fully saturated rings. The van der Waals surface area contributed by atoms with Gasteiger partial charge in [0.15, 0.2) is 5.65 Å². The minimum absolute atomic E-state index is 0.132. The first-order valence-corrected chi connectivity index (χ1v) is 10.5. The molecule has 1 unspecified atom stereocenters. The van der Waals surface area contributed by atoms with Crippen molar-refractivity contribution in [3.8, 4) is 6.07 Å². The van der Waals surface area contributed by atoms with Gasteiger partial charge < -0.3 is 5.32 Å². The molecule has 3 aromatic rings. The molecule has 0 aliphatic heterocycles. The van der Waals surface area contributed by atoms with Crippen molar-refractivity contribution < 1.29 is 18.0 Å². The Balaban J connectivity index is 1.81. The molecule has 0 aliphatic rings. The summed E-state index contributed by atoms with van der Waals surface area (Å²) < 4.78 is 41.2. The summed E-state index contributed by atoms with van der Waals surface area (Å²) in [6.07, 6.45) is -2.49. The Morgan fingerprint density at radius 3 is 2.55 bits per heavy atom. The van der Waals surface area contributed by atoms with E-state index in [0.717, 1.165) is 23.4 Å². The predicted molar refractivity (Wildman–Crippen MR) is 117 cm³/mol. The van der Waals surface area contributed by atoms with Gasteiger partial charge in [0.1, 0.15) is 11.6 Å². The van der Waals surface area contributed by atoms with E-state index in [0.29, 0.717) is 28.9 Å². The zero-order valence-corrected chi connectivity index (χ0v) is 19.2. The van der Waals surface area contributed by atoms with Gasteiger partial charge in [0.25, 0.3) is 0 Å². The highest BCUT2D eigenvalue weighted by Gasteiger charge is 2.33. The minimum Gasteiger partial charge on any atom is -0.349 e. The number of halogens is 3. The molecule has 0 saturated carbocycles. The second-order valence-electron chi connectivity index (χ2n) is 9.16. The lowest BCUT2D eigenvalue weighted by molar-refractivity contribution is -0.137. The monoisotopic (exact) mass is 457 g/mol. The Kier molecular flexibility index (Phi) is 6.50. The molecule has 0 saturated heterocycles. The van der Waals surface area contributed by atoms with Crippen LogP contribution in [-0.4, -0.2) is 20.5 Å². The van der Waals surface area contributed by atoms with Gasteiger partial charge in [-0.15, -0.1) is 0 Å². The number of hydrogen-bond acceptors (Lipinski definition) is 4. The first kappa shape index (κ1) is 24.2. The molecular weight excluding hydrogens is 431 g/mol. The fourth-order valence-corrected chi connectivity index (χ4v) is 3.92. The molecule has 174 valence electrons. The molecule has 9 heteroatoms. The highest BCUT2D eigenvalue weighted by atomic mass is 19.4. The van der Waals surface area contributed by atoms with Crippen molar-refractivity contribution in [1.82, 2.24) is 19.9 Å². The summed E-state index contributed by atoms with van der Waals surface area (Å²) in [6.45, 7) is 9.27. The van der Waals surface area contributed by atoms with Gasteiger partial charge in [-0.3, -0.25) is 4.79 Å². The van der Waals surface area contributed by atoms with Crippen LogP contribution in [0.1, 0.15) is 66.9 Å². The van der Waals surface area contributed by atoms with E-state index in [9.17, 15) is 23.2 Å². The molecular formula is C24H26F3N5O. The van der Waals surface area contributed by atoms with Crippen molar-refractivity contribution in [1.29, 1.82) is 5.26 Å². The third-order valence-corrected chi connectivity index (χ3v) is 5.65. The number of aryl methyl sites for hydroxylation is 2. The van der Waals surface area contributed by atoms with Crippen LogP contribution >= 0.6 is 0 Å². The molecule has 0 bridgehead atoms. The fraction of sp³-hybridized carbons (Fsp3) is 0.417. The van der Waals surface area contributed by atoms with Crippen LogP contribution in [0.3, 0.4) is 0 Å². The molecule has 1 amide bonds. The quantitative estimate of drug-likeness (QED) is 0.580. The third kappa shape index (κ3) is 5.16. The topological polar surface area (TPSA) is 83.1 Å². The van der Waals surface area contributed by atoms with Gasteiger partial charge in [-0.05, 0) is 48.9 Å². The number of benzene rings is 1. The van der Waals surface area contributed by atoms with Crippen molar-refractivity contribution in [2.24, 2.45) is 5.41 Å². The molecule has 33 heavy (non-hydrogen) atoms. The van der Waals surface area contributed by atoms with Crippen molar-refractivity contribution in [2.45, 2.75) is 59.7 Å². The van der Waals surface area contributed by atoms with Crippen molar-refractivity contribution in [3.05, 3.63) is 64.1 Å². The minimum atomic E-state index is -4.46. The SMILES string of the molecule is Cc1nc2c(C#N)cnn2c(C)c1CCC(=O)NC(c1cccc(C(F)(F)F)c1)C(C)(C)C. The number of nitriles is 1. The highest BCUT2D eigenvalue weighted by Crippen LogP contribution is 2.36. The Morgan fingerprint density at radius 1 is 1.24 bits per heavy atom. The average molecular weight is 458 g/mol. The van der Waals surface area contributed by atoms with Gasteiger partial charge in [-0.2, -0.15) is 23.5 Å². The summed E-state index contributed by atoms with van der Waals surface area (Å²) in [4.78, 5) is 17.3. The van der Waals surface area contributed by atoms with Crippen LogP contribution in [0, 0.1) is 30.6 Å². The number of aromatic nitrogens is 3. The Hall–Kier alpha value is -3.41. The standard InChI is InChI=1S/C24H26F3N5O/c1-14-19(15(2)32-22(30-14)17(12-28)13-29-32)9-10-20(33)31-21(23(3,4)5)16-7-6-8-18(11-16)24(25,26)27/h6-8,11,13,21H,9-10H2,1-5H3,(H,31,33). The normalized spacial score (nSPS) is 13.1. The maximum Gasteiger partial charge on any atom is 0.416 e. The maximum absolute atomic E-state index is 13.2. The Bertz CT molecular complexity index is 1230. The molecule has 2 aromatic heterocycles. The first-order chi connectivity index (χ1) is 15.3. The Morgan fingerprint density at radius 2 is 1.94 bits per heavy atom. The maximum atomic E-state index is 13.2. The van der Waals surface area contributed by atoms with Gasteiger partial charge in [-0.1, -0.05) is 32.9 Å². The van der Waals surface area contributed by atoms with E-state index in [4.69, 9.17) is 0 Å². The molecule has 0 radical (unpaired) electrons. The van der Waals surface area contributed by atoms with E-state index < -0.39 is 23.2 Å². The van der Waals surface area contributed by atoms with Gasteiger partial charge in [-0.25, -0.2) is 9.50 Å². The van der Waals surface area contributed by atoms with Crippen LogP contribution in [0.2, 0.25) is 0 Å². The first-order valence-electron chi connectivity index (χ1n) is 10.5. The molecule has 0 aliphatic carbocycles. The van der Waals surface area contributed by atoms with Gasteiger partial charge >= 0.3 is 6.18 Å². The van der Waals surface area contributed by atoms with Crippen LogP contribution in [0.5, 0.6) is 0 Å². The van der Waals surface area contributed by atoms with Crippen LogP contribution < -0.4 is 5.32 Å². The van der Waals surface area contributed by atoms with Gasteiger partial charge in [0.05, 0.1) is 17.8 Å². The zero-order valence-electron chi connectivity index (χ0n) is 19.2. The van der Waals surface area contributed by atoms with Crippen LogP contribution in [-0.2, 0) is 17.4 Å². The van der Waals surface area contributed by atoms with Gasteiger partial charge in [0.2, 0.25) is 5.91 Å². The van der Waals surface area contributed by atoms with Crippen molar-refractivity contribution in [2.75, 3.05) is 0 Å². The number of rotatable bonds is 5. The number of amides is 1. The van der Waals surface area contributed by atoms with Gasteiger partial charge in [0, 0.05) is 17.8 Å². The average Bonchev–Trinajstić information content (AvgIpc) is 3.13. The smallest absolute Gasteiger partial charge is 0.349 e. The molecule has 1 aromatic carbocycles. The van der Waals surface area contributed by atoms with E-state index >= 15 is 0 Å². The molecule has 1 atom stereocenters. The van der Waals surface area contributed by atoms with Crippen LogP contribution in [0.15, 0.2) is 30.5 Å². The van der Waals surface area contributed by atoms with E-state index in [-0.39, 0.29) is 12.3 Å². The van der Waals surface area contributed by atoms with E-state index in [1.165, 1.54) is 12.3 Å². The van der Waals surface area contributed by atoms with E-state index in [1.807, 2.05) is 34.6 Å². The largest absolute Gasteiger partial charge is 0.416 e. The summed E-state index contributed by atoms with van der Waals surface area (Å²) in [5.41, 5.74) is 2.34. The van der Waals surface area contributed by atoms with Crippen LogP contribution in [0.25, 0.3) is 5.65 Å². The summed E-state index contributed by atoms with van der Waals surface area (Å²) in [6, 6.07) is 6.53. The number of carbonyl (C=O) groups is 1. The van der Waals surface area contributed by atoms with Crippen LogP contribution in [0.4, 0.5) is 13.2 Å². The summed E-state index contributed by atoms with van der Waals surface area (Å²) in [5, 5.41) is 16.3. The second-order valence-corrected chi connectivity index (χ2v) is 9.16. The highest BCUT2D eigenvalue weighted by molar-refractivity contribution is 5.77. The van der Waals surface area contributed by atoms with E-state index in [2.05, 4.69) is 21.5 Å². The molecule has 2 heterocycles. The predicted octanol–water partition coefficient (Wildman–Crippen LogP) is 5.07. The lowest BCUT2D eigenvalue weighted by Crippen LogP contribution is -2.37. The summed E-state index contributed by atoms with van der Waals surface area (Å²) >= 11 is 0. The molecule has 6 nitrogen and oxygen atoms in total. The fourth-order valence-electron chi connectivity index (χ4n) is 3.92. The van der Waals surface area contributed by atoms with Crippen molar-refractivity contribution >= 4 is 11.6 Å².